The van der Waals surface area contributed by atoms with Crippen molar-refractivity contribution >= 4 is 17.8 Å². The van der Waals surface area contributed by atoms with Gasteiger partial charge in [0.25, 0.3) is 5.91 Å². The molecule has 3 heterocycles. The summed E-state index contributed by atoms with van der Waals surface area (Å²) in [5.74, 6) is -1.27. The Balaban J connectivity index is 2.01. The molecule has 0 aromatic heterocycles. The maximum absolute atomic E-state index is 12.1. The van der Waals surface area contributed by atoms with E-state index in [4.69, 9.17) is 4.74 Å². The monoisotopic (exact) mass is 266 g/mol. The van der Waals surface area contributed by atoms with Gasteiger partial charge in [-0.05, 0) is 0 Å². The summed E-state index contributed by atoms with van der Waals surface area (Å²) in [5.41, 5.74) is -0.0737. The van der Waals surface area contributed by atoms with Crippen molar-refractivity contribution in [3.63, 3.8) is 0 Å². The zero-order valence-corrected chi connectivity index (χ0v) is 10.6. The first-order valence-electron chi connectivity index (χ1n) is 6.08. The number of methoxy groups -OCH3 is 1. The number of β-lactam (4-membered cyclic amide) rings is 1. The summed E-state index contributed by atoms with van der Waals surface area (Å²) in [6.07, 6.45) is 0.451. The third kappa shape index (κ3) is 1.35. The Morgan fingerprint density at radius 3 is 2.63 bits per heavy atom. The number of carbonyl (C=O) groups excluding carboxylic acids is 2. The molecule has 102 valence electrons. The molecule has 2 fully saturated rings. The highest BCUT2D eigenvalue weighted by Gasteiger charge is 2.64. The minimum absolute atomic E-state index is 0.0599. The molecule has 0 unspecified atom stereocenters. The van der Waals surface area contributed by atoms with Gasteiger partial charge in [-0.3, -0.25) is 14.5 Å². The van der Waals surface area contributed by atoms with E-state index in [9.17, 15) is 19.5 Å². The SMILES string of the molecule is COC1=C(C(=O)O)N2C(=O)[C@@H]3[C@H]2[C@H](C1)CN3C(C)=O. The smallest absolute Gasteiger partial charge is 0.356 e. The maximum atomic E-state index is 12.1. The molecular formula is C12H14N2O5. The molecule has 1 N–H and O–H groups in total. The predicted octanol–water partition coefficient (Wildman–Crippen LogP) is -0.610. The van der Waals surface area contributed by atoms with Crippen LogP contribution in [0.15, 0.2) is 11.5 Å². The average Bonchev–Trinajstić information content (AvgIpc) is 2.72. The number of aliphatic carboxylic acids is 1. The topological polar surface area (TPSA) is 87.2 Å². The largest absolute Gasteiger partial charge is 0.499 e. The van der Waals surface area contributed by atoms with Gasteiger partial charge in [0.2, 0.25) is 5.91 Å². The number of hydrogen-bond acceptors (Lipinski definition) is 4. The number of likely N-dealkylation sites (tertiary alicyclic amines) is 1. The lowest BCUT2D eigenvalue weighted by molar-refractivity contribution is -0.160. The molecule has 0 aromatic rings. The molecule has 0 spiro atoms. The summed E-state index contributed by atoms with van der Waals surface area (Å²) in [4.78, 5) is 37.8. The Morgan fingerprint density at radius 1 is 1.42 bits per heavy atom. The first-order chi connectivity index (χ1) is 8.97. The van der Waals surface area contributed by atoms with Gasteiger partial charge in [-0.2, -0.15) is 0 Å². The predicted molar refractivity (Wildman–Crippen MR) is 61.6 cm³/mol. The van der Waals surface area contributed by atoms with Crippen LogP contribution >= 0.6 is 0 Å². The summed E-state index contributed by atoms with van der Waals surface area (Å²) >= 11 is 0. The Labute approximate surface area is 109 Å². The number of carbonyl (C=O) groups is 3. The molecule has 3 aliphatic heterocycles. The van der Waals surface area contributed by atoms with E-state index in [-0.39, 0.29) is 29.5 Å². The zero-order valence-electron chi connectivity index (χ0n) is 10.6. The van der Waals surface area contributed by atoms with Gasteiger partial charge in [0.05, 0.1) is 13.2 Å². The number of amides is 2. The lowest BCUT2D eigenvalue weighted by Gasteiger charge is -2.49. The molecule has 0 bridgehead atoms. The van der Waals surface area contributed by atoms with Crippen molar-refractivity contribution in [1.29, 1.82) is 0 Å². The van der Waals surface area contributed by atoms with E-state index in [2.05, 4.69) is 0 Å². The van der Waals surface area contributed by atoms with Crippen LogP contribution in [0.4, 0.5) is 0 Å². The van der Waals surface area contributed by atoms with Crippen LogP contribution < -0.4 is 0 Å². The van der Waals surface area contributed by atoms with Crippen LogP contribution in [0.1, 0.15) is 13.3 Å². The summed E-state index contributed by atoms with van der Waals surface area (Å²) < 4.78 is 5.11. The van der Waals surface area contributed by atoms with Crippen molar-refractivity contribution in [3.05, 3.63) is 11.5 Å². The van der Waals surface area contributed by atoms with Crippen LogP contribution in [-0.4, -0.2) is 58.4 Å². The lowest BCUT2D eigenvalue weighted by Crippen LogP contribution is -2.69. The Hall–Kier alpha value is -2.05. The number of allylic oxidation sites excluding steroid dienone is 1. The minimum atomic E-state index is -1.16. The third-order valence-electron chi connectivity index (χ3n) is 4.17. The summed E-state index contributed by atoms with van der Waals surface area (Å²) in [6.45, 7) is 1.91. The van der Waals surface area contributed by atoms with E-state index >= 15 is 0 Å². The van der Waals surface area contributed by atoms with Gasteiger partial charge in [-0.1, -0.05) is 0 Å². The van der Waals surface area contributed by atoms with Gasteiger partial charge < -0.3 is 14.7 Å². The molecule has 0 aromatic carbocycles. The van der Waals surface area contributed by atoms with Crippen molar-refractivity contribution in [3.8, 4) is 0 Å². The highest BCUT2D eigenvalue weighted by Crippen LogP contribution is 2.46. The first kappa shape index (κ1) is 12.0. The lowest BCUT2D eigenvalue weighted by atomic mass is 9.81. The van der Waals surface area contributed by atoms with Crippen molar-refractivity contribution in [2.24, 2.45) is 5.92 Å². The van der Waals surface area contributed by atoms with E-state index in [0.717, 1.165) is 0 Å². The first-order valence-corrected chi connectivity index (χ1v) is 6.08. The van der Waals surface area contributed by atoms with Gasteiger partial charge >= 0.3 is 5.97 Å². The van der Waals surface area contributed by atoms with Crippen LogP contribution in [0, 0.1) is 5.92 Å². The highest BCUT2D eigenvalue weighted by atomic mass is 16.5. The maximum Gasteiger partial charge on any atom is 0.356 e. The Bertz CT molecular complexity index is 526. The summed E-state index contributed by atoms with van der Waals surface area (Å²) in [6, 6.07) is -0.698. The number of nitrogens with zero attached hydrogens (tertiary/aromatic N) is 2. The van der Waals surface area contributed by atoms with Gasteiger partial charge in [0, 0.05) is 25.8 Å². The number of carboxylic acids is 1. The fourth-order valence-corrected chi connectivity index (χ4v) is 3.40. The molecule has 7 nitrogen and oxygen atoms in total. The van der Waals surface area contributed by atoms with Crippen molar-refractivity contribution < 1.29 is 24.2 Å². The van der Waals surface area contributed by atoms with E-state index in [1.54, 1.807) is 0 Å². The summed E-state index contributed by atoms with van der Waals surface area (Å²) in [7, 11) is 1.40. The molecule has 0 aliphatic carbocycles. The Morgan fingerprint density at radius 2 is 2.11 bits per heavy atom. The second kappa shape index (κ2) is 3.72. The molecule has 0 radical (unpaired) electrons. The minimum Gasteiger partial charge on any atom is -0.499 e. The standard InChI is InChI=1S/C12H14N2O5/c1-5(15)13-4-6-3-7(19-2)9(12(17)18)14-8(6)10(13)11(14)16/h6,8,10H,3-4H2,1-2H3,(H,17,18)/t6-,8-,10+/m1/s1. The number of hydrogen-bond donors (Lipinski definition) is 1. The van der Waals surface area contributed by atoms with Gasteiger partial charge in [-0.15, -0.1) is 0 Å². The fourth-order valence-electron chi connectivity index (χ4n) is 3.40. The van der Waals surface area contributed by atoms with Crippen molar-refractivity contribution in [1.82, 2.24) is 9.80 Å². The number of carboxylic acid groups (broad SMARTS) is 1. The highest BCUT2D eigenvalue weighted by molar-refractivity contribution is 6.02. The second-order valence-corrected chi connectivity index (χ2v) is 5.06. The van der Waals surface area contributed by atoms with Gasteiger partial charge in [-0.25, -0.2) is 4.79 Å². The van der Waals surface area contributed by atoms with Crippen molar-refractivity contribution in [2.75, 3.05) is 13.7 Å². The Kier molecular flexibility index (Phi) is 2.35. The van der Waals surface area contributed by atoms with E-state index in [1.807, 2.05) is 0 Å². The van der Waals surface area contributed by atoms with Crippen molar-refractivity contribution in [2.45, 2.75) is 25.4 Å². The van der Waals surface area contributed by atoms with E-state index in [1.165, 1.54) is 23.8 Å². The molecule has 2 saturated heterocycles. The molecule has 3 aliphatic rings. The third-order valence-corrected chi connectivity index (χ3v) is 4.17. The molecule has 3 rings (SSSR count). The fraction of sp³-hybridized carbons (Fsp3) is 0.583. The molecule has 19 heavy (non-hydrogen) atoms. The molecule has 3 atom stereocenters. The number of rotatable bonds is 2. The van der Waals surface area contributed by atoms with Crippen LogP contribution in [0.25, 0.3) is 0 Å². The molecule has 0 saturated carbocycles. The van der Waals surface area contributed by atoms with Crippen LogP contribution in [0.2, 0.25) is 0 Å². The van der Waals surface area contributed by atoms with E-state index in [0.29, 0.717) is 18.7 Å². The second-order valence-electron chi connectivity index (χ2n) is 5.06. The summed E-state index contributed by atoms with van der Waals surface area (Å²) in [5, 5.41) is 9.24. The molecule has 2 amide bonds. The van der Waals surface area contributed by atoms with E-state index < -0.39 is 12.0 Å². The van der Waals surface area contributed by atoms with Gasteiger partial charge in [0.1, 0.15) is 11.8 Å². The molecule has 7 heteroatoms. The average molecular weight is 266 g/mol. The zero-order chi connectivity index (χ0) is 13.9. The number of ether oxygens (including phenoxy) is 1. The van der Waals surface area contributed by atoms with Crippen LogP contribution in [0.5, 0.6) is 0 Å². The normalized spacial score (nSPS) is 32.1. The van der Waals surface area contributed by atoms with Crippen LogP contribution in [-0.2, 0) is 19.1 Å². The molecular weight excluding hydrogens is 252 g/mol. The van der Waals surface area contributed by atoms with Crippen LogP contribution in [0.3, 0.4) is 0 Å². The van der Waals surface area contributed by atoms with Gasteiger partial charge in [0.15, 0.2) is 5.70 Å². The quantitative estimate of drug-likeness (QED) is 0.674.